The number of halogens is 1. The van der Waals surface area contributed by atoms with E-state index in [1.54, 1.807) is 6.20 Å². The van der Waals surface area contributed by atoms with Gasteiger partial charge in [0.15, 0.2) is 11.0 Å². The lowest BCUT2D eigenvalue weighted by atomic mass is 10.1. The van der Waals surface area contributed by atoms with Gasteiger partial charge in [0.2, 0.25) is 0 Å². The molecule has 1 aromatic carbocycles. The van der Waals surface area contributed by atoms with E-state index < -0.39 is 0 Å². The smallest absolute Gasteiger partial charge is 0.159 e. The summed E-state index contributed by atoms with van der Waals surface area (Å²) in [4.78, 5) is 4.34. The first-order chi connectivity index (χ1) is 9.75. The second-order valence-electron chi connectivity index (χ2n) is 4.51. The zero-order valence-corrected chi connectivity index (χ0v) is 11.7. The van der Waals surface area contributed by atoms with E-state index in [9.17, 15) is 0 Å². The molecule has 0 aliphatic heterocycles. The topological polar surface area (TPSA) is 50.7 Å². The molecule has 0 saturated carbocycles. The summed E-state index contributed by atoms with van der Waals surface area (Å²) >= 11 is 6.07. The van der Waals surface area contributed by atoms with Crippen molar-refractivity contribution in [2.24, 2.45) is 0 Å². The van der Waals surface area contributed by atoms with Crippen molar-refractivity contribution in [3.8, 4) is 0 Å². The molecule has 1 N–H and O–H groups in total. The Morgan fingerprint density at radius 3 is 2.50 bits per heavy atom. The van der Waals surface area contributed by atoms with Gasteiger partial charge < -0.3 is 5.32 Å². The molecular weight excluding hydrogens is 272 g/mol. The Balaban J connectivity index is 1.97. The number of nitrogens with zero attached hydrogens (tertiary/aromatic N) is 3. The van der Waals surface area contributed by atoms with Gasteiger partial charge in [0.1, 0.15) is 0 Å². The summed E-state index contributed by atoms with van der Waals surface area (Å²) in [6.07, 6.45) is 1.78. The first-order valence-corrected chi connectivity index (χ1v) is 6.72. The average Bonchev–Trinajstić information content (AvgIpc) is 2.51. The van der Waals surface area contributed by atoms with Crippen LogP contribution in [-0.4, -0.2) is 15.2 Å². The molecule has 3 rings (SSSR count). The summed E-state index contributed by atoms with van der Waals surface area (Å²) in [5, 5.41) is 13.7. The van der Waals surface area contributed by atoms with Crippen molar-refractivity contribution in [3.63, 3.8) is 0 Å². The second kappa shape index (κ2) is 5.43. The number of benzene rings is 1. The van der Waals surface area contributed by atoms with Crippen molar-refractivity contribution in [2.45, 2.75) is 13.0 Å². The molecule has 0 amide bonds. The van der Waals surface area contributed by atoms with E-state index in [-0.39, 0.29) is 6.04 Å². The summed E-state index contributed by atoms with van der Waals surface area (Å²) in [6.45, 7) is 2.04. The lowest BCUT2D eigenvalue weighted by molar-refractivity contribution is 0.826. The Kier molecular flexibility index (Phi) is 3.48. The van der Waals surface area contributed by atoms with E-state index in [4.69, 9.17) is 11.6 Å². The van der Waals surface area contributed by atoms with E-state index in [2.05, 4.69) is 20.5 Å². The maximum absolute atomic E-state index is 6.07. The number of anilines is 1. The van der Waals surface area contributed by atoms with Crippen LogP contribution in [0.15, 0.2) is 48.7 Å². The Bertz CT molecular complexity index is 730. The summed E-state index contributed by atoms with van der Waals surface area (Å²) in [5.74, 6) is 0.711. The van der Waals surface area contributed by atoms with Crippen molar-refractivity contribution in [1.82, 2.24) is 15.2 Å². The Morgan fingerprint density at radius 2 is 1.75 bits per heavy atom. The highest BCUT2D eigenvalue weighted by atomic mass is 35.5. The molecule has 0 fully saturated rings. The number of hydrogen-bond donors (Lipinski definition) is 1. The van der Waals surface area contributed by atoms with Crippen LogP contribution in [0.1, 0.15) is 18.7 Å². The van der Waals surface area contributed by atoms with Gasteiger partial charge in [-0.3, -0.25) is 4.98 Å². The fourth-order valence-electron chi connectivity index (χ4n) is 2.09. The fraction of sp³-hybridized carbons (Fsp3) is 0.133. The fourth-order valence-corrected chi connectivity index (χ4v) is 2.29. The predicted molar refractivity (Wildman–Crippen MR) is 80.8 cm³/mol. The molecule has 0 spiro atoms. The van der Waals surface area contributed by atoms with Crippen LogP contribution in [0.2, 0.25) is 5.15 Å². The zero-order chi connectivity index (χ0) is 13.9. The number of rotatable bonds is 3. The van der Waals surface area contributed by atoms with Gasteiger partial charge in [0, 0.05) is 17.0 Å². The quantitative estimate of drug-likeness (QED) is 0.794. The van der Waals surface area contributed by atoms with E-state index in [1.807, 2.05) is 49.4 Å². The molecule has 4 nitrogen and oxygen atoms in total. The molecule has 1 atom stereocenters. The molecule has 0 saturated heterocycles. The molecule has 1 unspecified atom stereocenters. The molecule has 2 aromatic heterocycles. The number of fused-ring (bicyclic) bond motifs is 1. The largest absolute Gasteiger partial charge is 0.360 e. The van der Waals surface area contributed by atoms with Gasteiger partial charge in [-0.25, -0.2) is 0 Å². The number of hydrogen-bond acceptors (Lipinski definition) is 4. The first-order valence-electron chi connectivity index (χ1n) is 6.34. The maximum Gasteiger partial charge on any atom is 0.159 e. The third-order valence-corrected chi connectivity index (χ3v) is 3.41. The average molecular weight is 285 g/mol. The highest BCUT2D eigenvalue weighted by Gasteiger charge is 2.11. The molecule has 2 heterocycles. The molecule has 0 aliphatic carbocycles. The SMILES string of the molecule is CC(Nc1nnc(Cl)c2ccccc12)c1ccccn1. The van der Waals surface area contributed by atoms with E-state index >= 15 is 0 Å². The third-order valence-electron chi connectivity index (χ3n) is 3.13. The number of aromatic nitrogens is 3. The summed E-state index contributed by atoms with van der Waals surface area (Å²) in [5.41, 5.74) is 0.952. The van der Waals surface area contributed by atoms with Crippen LogP contribution in [0, 0.1) is 0 Å². The lowest BCUT2D eigenvalue weighted by Gasteiger charge is -2.15. The van der Waals surface area contributed by atoms with Crippen LogP contribution in [-0.2, 0) is 0 Å². The van der Waals surface area contributed by atoms with Gasteiger partial charge in [-0.05, 0) is 19.1 Å². The molecule has 5 heteroatoms. The number of nitrogens with one attached hydrogen (secondary N) is 1. The Morgan fingerprint density at radius 1 is 1.00 bits per heavy atom. The zero-order valence-electron chi connectivity index (χ0n) is 10.9. The third kappa shape index (κ3) is 2.42. The second-order valence-corrected chi connectivity index (χ2v) is 4.86. The van der Waals surface area contributed by atoms with Crippen LogP contribution in [0.4, 0.5) is 5.82 Å². The first kappa shape index (κ1) is 12.8. The van der Waals surface area contributed by atoms with Crippen molar-refractivity contribution in [2.75, 3.05) is 5.32 Å². The standard InChI is InChI=1S/C15H13ClN4/c1-10(13-8-4-5-9-17-13)18-15-12-7-3-2-6-11(12)14(16)19-20-15/h2-10H,1H3,(H,18,20). The summed E-state index contributed by atoms with van der Waals surface area (Å²) in [7, 11) is 0. The van der Waals surface area contributed by atoms with E-state index in [1.165, 1.54) is 0 Å². The van der Waals surface area contributed by atoms with Crippen molar-refractivity contribution >= 4 is 28.2 Å². The van der Waals surface area contributed by atoms with Gasteiger partial charge in [-0.15, -0.1) is 10.2 Å². The van der Waals surface area contributed by atoms with E-state index in [0.29, 0.717) is 11.0 Å². The summed E-state index contributed by atoms with van der Waals surface area (Å²) < 4.78 is 0. The van der Waals surface area contributed by atoms with Crippen LogP contribution >= 0.6 is 11.6 Å². The van der Waals surface area contributed by atoms with Crippen molar-refractivity contribution in [3.05, 3.63) is 59.5 Å². The van der Waals surface area contributed by atoms with Crippen LogP contribution in [0.25, 0.3) is 10.8 Å². The Labute approximate surface area is 121 Å². The molecule has 0 bridgehead atoms. The minimum atomic E-state index is 0.0371. The lowest BCUT2D eigenvalue weighted by Crippen LogP contribution is -2.10. The van der Waals surface area contributed by atoms with Crippen molar-refractivity contribution in [1.29, 1.82) is 0 Å². The van der Waals surface area contributed by atoms with Crippen LogP contribution in [0.5, 0.6) is 0 Å². The van der Waals surface area contributed by atoms with Gasteiger partial charge in [0.05, 0.1) is 11.7 Å². The van der Waals surface area contributed by atoms with Gasteiger partial charge in [-0.1, -0.05) is 41.9 Å². The minimum Gasteiger partial charge on any atom is -0.360 e. The Hall–Kier alpha value is -2.20. The summed E-state index contributed by atoms with van der Waals surface area (Å²) in [6, 6.07) is 13.7. The van der Waals surface area contributed by atoms with E-state index in [0.717, 1.165) is 16.5 Å². The highest BCUT2D eigenvalue weighted by Crippen LogP contribution is 2.27. The minimum absolute atomic E-state index is 0.0371. The number of pyridine rings is 1. The molecule has 3 aromatic rings. The molecular formula is C15H13ClN4. The van der Waals surface area contributed by atoms with Gasteiger partial charge >= 0.3 is 0 Å². The maximum atomic E-state index is 6.07. The van der Waals surface area contributed by atoms with Gasteiger partial charge in [-0.2, -0.15) is 0 Å². The molecule has 20 heavy (non-hydrogen) atoms. The molecule has 0 aliphatic rings. The van der Waals surface area contributed by atoms with Crippen LogP contribution in [0.3, 0.4) is 0 Å². The monoisotopic (exact) mass is 284 g/mol. The highest BCUT2D eigenvalue weighted by molar-refractivity contribution is 6.34. The normalized spacial score (nSPS) is 12.3. The molecule has 0 radical (unpaired) electrons. The molecule has 100 valence electrons. The predicted octanol–water partition coefficient (Wildman–Crippen LogP) is 3.85. The van der Waals surface area contributed by atoms with Gasteiger partial charge in [0.25, 0.3) is 0 Å². The van der Waals surface area contributed by atoms with Crippen LogP contribution < -0.4 is 5.32 Å². The van der Waals surface area contributed by atoms with Crippen molar-refractivity contribution < 1.29 is 0 Å².